The fraction of sp³-hybridized carbons (Fsp3) is 0.194. The summed E-state index contributed by atoms with van der Waals surface area (Å²) in [6, 6.07) is 21.5. The van der Waals surface area contributed by atoms with Crippen molar-refractivity contribution >= 4 is 28.3 Å². The van der Waals surface area contributed by atoms with Gasteiger partial charge in [0.25, 0.3) is 0 Å². The number of carboxylic acids is 1. The number of benzene rings is 3. The standard InChI is InChI=1S/C31H30N2O5/c1-21(2)7-5-6-16-37-25-13-11-24-19-26(14-12-23(24)18-25)38-30-15-10-22(20-32-30)17-29(34)33-28-9-4-3-8-27(28)31(35)36/h3-4,7-15,18-20H,5-6,16-17H2,1-2H3,(H,33,34)(H,35,36). The number of hydrogen-bond acceptors (Lipinski definition) is 5. The molecular weight excluding hydrogens is 480 g/mol. The maximum Gasteiger partial charge on any atom is 0.337 e. The Bertz CT molecular complexity index is 1460. The van der Waals surface area contributed by atoms with Gasteiger partial charge >= 0.3 is 5.97 Å². The Morgan fingerprint density at radius 2 is 1.68 bits per heavy atom. The Balaban J connectivity index is 1.32. The van der Waals surface area contributed by atoms with Gasteiger partial charge in [0, 0.05) is 12.3 Å². The van der Waals surface area contributed by atoms with Gasteiger partial charge in [0.05, 0.1) is 24.3 Å². The molecule has 0 saturated heterocycles. The lowest BCUT2D eigenvalue weighted by Gasteiger charge is -2.10. The van der Waals surface area contributed by atoms with Crippen LogP contribution >= 0.6 is 0 Å². The highest BCUT2D eigenvalue weighted by Crippen LogP contribution is 2.27. The van der Waals surface area contributed by atoms with E-state index in [-0.39, 0.29) is 23.6 Å². The Kier molecular flexibility index (Phi) is 8.72. The highest BCUT2D eigenvalue weighted by Gasteiger charge is 2.12. The van der Waals surface area contributed by atoms with E-state index in [2.05, 4.69) is 30.2 Å². The number of anilines is 1. The average molecular weight is 511 g/mol. The van der Waals surface area contributed by atoms with Crippen molar-refractivity contribution in [2.45, 2.75) is 33.1 Å². The third-order valence-electron chi connectivity index (χ3n) is 5.77. The van der Waals surface area contributed by atoms with Crippen LogP contribution in [0.4, 0.5) is 5.69 Å². The van der Waals surface area contributed by atoms with Crippen LogP contribution in [0.25, 0.3) is 10.8 Å². The maximum atomic E-state index is 12.4. The molecule has 1 aromatic heterocycles. The largest absolute Gasteiger partial charge is 0.494 e. The number of rotatable bonds is 11. The van der Waals surface area contributed by atoms with Gasteiger partial charge in [0.2, 0.25) is 11.8 Å². The van der Waals surface area contributed by atoms with E-state index in [0.29, 0.717) is 23.8 Å². The van der Waals surface area contributed by atoms with Crippen LogP contribution in [0.2, 0.25) is 0 Å². The van der Waals surface area contributed by atoms with Crippen molar-refractivity contribution in [3.8, 4) is 17.4 Å². The number of fused-ring (bicyclic) bond motifs is 1. The summed E-state index contributed by atoms with van der Waals surface area (Å²) in [5.74, 6) is 0.463. The minimum Gasteiger partial charge on any atom is -0.494 e. The molecule has 0 aliphatic carbocycles. The molecule has 0 unspecified atom stereocenters. The first-order chi connectivity index (χ1) is 18.4. The molecule has 7 nitrogen and oxygen atoms in total. The molecule has 0 spiro atoms. The number of carboxylic acid groups (broad SMARTS) is 1. The van der Waals surface area contributed by atoms with Gasteiger partial charge in [-0.25, -0.2) is 9.78 Å². The SMILES string of the molecule is CC(C)=CCCCOc1ccc2cc(Oc3ccc(CC(=O)Nc4ccccc4C(=O)O)cn3)ccc2c1. The number of amides is 1. The fourth-order valence-electron chi connectivity index (χ4n) is 3.87. The van der Waals surface area contributed by atoms with E-state index in [9.17, 15) is 14.7 Å². The first kappa shape index (κ1) is 26.4. The Labute approximate surface area is 221 Å². The second kappa shape index (κ2) is 12.5. The number of pyridine rings is 1. The van der Waals surface area contributed by atoms with Crippen molar-refractivity contribution in [2.75, 3.05) is 11.9 Å². The Hall–Kier alpha value is -4.65. The van der Waals surface area contributed by atoms with Gasteiger partial charge in [-0.3, -0.25) is 4.79 Å². The normalized spacial score (nSPS) is 10.6. The maximum absolute atomic E-state index is 12.4. The van der Waals surface area contributed by atoms with Crippen molar-refractivity contribution in [1.82, 2.24) is 4.98 Å². The van der Waals surface area contributed by atoms with Gasteiger partial charge in [-0.05, 0) is 79.4 Å². The molecule has 0 fully saturated rings. The molecule has 4 aromatic rings. The molecule has 0 atom stereocenters. The summed E-state index contributed by atoms with van der Waals surface area (Å²) in [6.45, 7) is 4.87. The van der Waals surface area contributed by atoms with Gasteiger partial charge < -0.3 is 19.9 Å². The molecule has 0 radical (unpaired) electrons. The van der Waals surface area contributed by atoms with E-state index in [1.165, 1.54) is 11.6 Å². The Morgan fingerprint density at radius 3 is 2.39 bits per heavy atom. The lowest BCUT2D eigenvalue weighted by Crippen LogP contribution is -2.16. The lowest BCUT2D eigenvalue weighted by atomic mass is 10.1. The zero-order chi connectivity index (χ0) is 26.9. The number of allylic oxidation sites excluding steroid dienone is 2. The van der Waals surface area contributed by atoms with E-state index in [1.807, 2.05) is 36.4 Å². The number of unbranched alkanes of at least 4 members (excludes halogenated alkanes) is 1. The van der Waals surface area contributed by atoms with E-state index < -0.39 is 5.97 Å². The molecular formula is C31H30N2O5. The minimum atomic E-state index is -1.10. The van der Waals surface area contributed by atoms with E-state index in [1.54, 1.807) is 36.5 Å². The quantitative estimate of drug-likeness (QED) is 0.166. The molecule has 0 aliphatic rings. The minimum absolute atomic E-state index is 0.0389. The van der Waals surface area contributed by atoms with Crippen molar-refractivity contribution in [3.63, 3.8) is 0 Å². The fourth-order valence-corrected chi connectivity index (χ4v) is 3.87. The number of nitrogens with one attached hydrogen (secondary N) is 1. The molecule has 1 amide bonds. The third kappa shape index (κ3) is 7.43. The molecule has 1 heterocycles. The predicted octanol–water partition coefficient (Wildman–Crippen LogP) is 7.03. The molecule has 2 N–H and O–H groups in total. The van der Waals surface area contributed by atoms with Crippen molar-refractivity contribution in [3.05, 3.63) is 102 Å². The van der Waals surface area contributed by atoms with E-state index >= 15 is 0 Å². The number of carbonyl (C=O) groups is 2. The van der Waals surface area contributed by atoms with Crippen LogP contribution in [-0.2, 0) is 11.2 Å². The molecule has 38 heavy (non-hydrogen) atoms. The van der Waals surface area contributed by atoms with Gasteiger partial charge in [-0.15, -0.1) is 0 Å². The summed E-state index contributed by atoms with van der Waals surface area (Å²) in [4.78, 5) is 28.1. The smallest absolute Gasteiger partial charge is 0.337 e. The Morgan fingerprint density at radius 1 is 0.947 bits per heavy atom. The highest BCUT2D eigenvalue weighted by atomic mass is 16.5. The number of ether oxygens (including phenoxy) is 2. The third-order valence-corrected chi connectivity index (χ3v) is 5.77. The topological polar surface area (TPSA) is 97.8 Å². The summed E-state index contributed by atoms with van der Waals surface area (Å²) in [6.07, 6.45) is 5.83. The summed E-state index contributed by atoms with van der Waals surface area (Å²) in [5, 5.41) is 14.0. The van der Waals surface area contributed by atoms with Gasteiger partial charge in [0.15, 0.2) is 0 Å². The lowest BCUT2D eigenvalue weighted by molar-refractivity contribution is -0.115. The van der Waals surface area contributed by atoms with Crippen LogP contribution in [0.15, 0.2) is 90.6 Å². The number of hydrogen-bond donors (Lipinski definition) is 2. The van der Waals surface area contributed by atoms with Crippen molar-refractivity contribution in [1.29, 1.82) is 0 Å². The second-order valence-electron chi connectivity index (χ2n) is 9.13. The molecule has 0 saturated carbocycles. The summed E-state index contributed by atoms with van der Waals surface area (Å²) >= 11 is 0. The molecule has 0 aliphatic heterocycles. The van der Waals surface area contributed by atoms with Crippen LogP contribution in [-0.4, -0.2) is 28.6 Å². The van der Waals surface area contributed by atoms with Crippen LogP contribution in [0.1, 0.15) is 42.6 Å². The van der Waals surface area contributed by atoms with Crippen LogP contribution in [0, 0.1) is 0 Å². The zero-order valence-electron chi connectivity index (χ0n) is 21.4. The second-order valence-corrected chi connectivity index (χ2v) is 9.13. The summed E-state index contributed by atoms with van der Waals surface area (Å²) in [5.41, 5.74) is 2.29. The summed E-state index contributed by atoms with van der Waals surface area (Å²) < 4.78 is 11.8. The van der Waals surface area contributed by atoms with Gasteiger partial charge in [0.1, 0.15) is 11.5 Å². The molecule has 4 rings (SSSR count). The average Bonchev–Trinajstić information content (AvgIpc) is 2.89. The molecule has 7 heteroatoms. The van der Waals surface area contributed by atoms with Gasteiger partial charge in [-0.2, -0.15) is 0 Å². The van der Waals surface area contributed by atoms with Crippen LogP contribution in [0.5, 0.6) is 17.4 Å². The number of carbonyl (C=O) groups excluding carboxylic acids is 1. The van der Waals surface area contributed by atoms with Crippen molar-refractivity contribution in [2.24, 2.45) is 0 Å². The zero-order valence-corrected chi connectivity index (χ0v) is 21.4. The van der Waals surface area contributed by atoms with Gasteiger partial charge in [-0.1, -0.05) is 42.0 Å². The number of nitrogens with zero attached hydrogens (tertiary/aromatic N) is 1. The molecule has 0 bridgehead atoms. The predicted molar refractivity (Wildman–Crippen MR) is 148 cm³/mol. The molecule has 194 valence electrons. The monoisotopic (exact) mass is 510 g/mol. The van der Waals surface area contributed by atoms with Crippen LogP contribution < -0.4 is 14.8 Å². The first-order valence-electron chi connectivity index (χ1n) is 12.4. The highest BCUT2D eigenvalue weighted by molar-refractivity contribution is 6.01. The first-order valence-corrected chi connectivity index (χ1v) is 12.4. The number of aromatic nitrogens is 1. The summed E-state index contributed by atoms with van der Waals surface area (Å²) in [7, 11) is 0. The van der Waals surface area contributed by atoms with E-state index in [4.69, 9.17) is 9.47 Å². The van der Waals surface area contributed by atoms with E-state index in [0.717, 1.165) is 29.4 Å². The van der Waals surface area contributed by atoms with Crippen molar-refractivity contribution < 1.29 is 24.2 Å². The van der Waals surface area contributed by atoms with Crippen LogP contribution in [0.3, 0.4) is 0 Å². The number of aromatic carboxylic acids is 1. The number of para-hydroxylation sites is 1. The molecule has 3 aromatic carbocycles.